The van der Waals surface area contributed by atoms with Gasteiger partial charge in [0.2, 0.25) is 47.3 Å². The number of amides is 8. The molecule has 0 radical (unpaired) electrons. The zero-order valence-corrected chi connectivity index (χ0v) is 44.0. The van der Waals surface area contributed by atoms with Gasteiger partial charge in [-0.1, -0.05) is 6.42 Å². The molecule has 0 aromatic carbocycles. The highest BCUT2D eigenvalue weighted by Crippen LogP contribution is 2.12. The predicted octanol–water partition coefficient (Wildman–Crippen LogP) is -5.11. The van der Waals surface area contributed by atoms with Crippen molar-refractivity contribution in [1.82, 2.24) is 37.2 Å². The van der Waals surface area contributed by atoms with Crippen LogP contribution in [0.2, 0.25) is 0 Å². The maximum atomic E-state index is 14.4. The number of carboxylic acid groups (broad SMARTS) is 1. The number of unbranched alkanes of at least 4 members (excludes halogenated alkanes) is 6. The van der Waals surface area contributed by atoms with Gasteiger partial charge < -0.3 is 99.7 Å². The lowest BCUT2D eigenvalue weighted by Crippen LogP contribution is -2.60. The highest BCUT2D eigenvalue weighted by Gasteiger charge is 2.34. The first-order valence-electron chi connectivity index (χ1n) is 26.4. The number of hydrogen-bond acceptors (Lipinski definition) is 17. The van der Waals surface area contributed by atoms with E-state index in [1.807, 2.05) is 0 Å². The normalized spacial score (nSPS) is 14.3. The Balaban J connectivity index is 6.91. The van der Waals surface area contributed by atoms with Crippen molar-refractivity contribution in [2.45, 2.75) is 190 Å². The number of aliphatic imine (C=N–C) groups is 1. The van der Waals surface area contributed by atoms with Crippen LogP contribution in [0, 0.1) is 0 Å². The second-order valence-electron chi connectivity index (χ2n) is 18.5. The summed E-state index contributed by atoms with van der Waals surface area (Å²) in [5.74, 6) is -7.68. The standard InChI is InChI=1S/C47H94N18O10/c48-23-7-1-14-30(54)39(67)59-31(15-2-8-24-49)40(68)60-33(17-4-10-26-51)42(70)63-35(20-13-29-58-47(56)57)44(72)62-32(16-3-9-25-50)41(69)61-34(18-5-11-27-52)43(71)64-36(21-22-38(55)66)45(73)65-37(46(74)75)19-6-12-28-53/h30-37H,1-29,48-54H2,(H2,55,66)(H,59,67)(H,60,68)(H,61,69)(H,62,72)(H,63,70)(H,64,71)(H,65,73)(H,74,75)(H4,56,57,58)/t30-,31-,32-,33-,34-,35-,36-,37-/m0/s1. The summed E-state index contributed by atoms with van der Waals surface area (Å²) in [4.78, 5) is 125. The van der Waals surface area contributed by atoms with E-state index in [1.165, 1.54) is 0 Å². The summed E-state index contributed by atoms with van der Waals surface area (Å²) in [7, 11) is 0. The fraction of sp³-hybridized carbons (Fsp3) is 0.787. The monoisotopic (exact) mass is 1070 g/mol. The molecule has 0 heterocycles. The molecule has 75 heavy (non-hydrogen) atoms. The number of primary amides is 1. The van der Waals surface area contributed by atoms with Crippen LogP contribution in [0.25, 0.3) is 0 Å². The van der Waals surface area contributed by atoms with E-state index in [9.17, 15) is 48.3 Å². The van der Waals surface area contributed by atoms with E-state index in [-0.39, 0.29) is 89.9 Å². The molecule has 0 fully saturated rings. The molecule has 0 aromatic rings. The summed E-state index contributed by atoms with van der Waals surface area (Å²) in [5, 5.41) is 28.3. The summed E-state index contributed by atoms with van der Waals surface area (Å²) >= 11 is 0. The fourth-order valence-electron chi connectivity index (χ4n) is 7.68. The molecule has 0 aliphatic heterocycles. The molecule has 0 aromatic heterocycles. The van der Waals surface area contributed by atoms with Gasteiger partial charge in [0, 0.05) is 13.0 Å². The lowest BCUT2D eigenvalue weighted by Gasteiger charge is -2.28. The van der Waals surface area contributed by atoms with Crippen LogP contribution in [0.4, 0.5) is 0 Å². The highest BCUT2D eigenvalue weighted by atomic mass is 16.4. The minimum Gasteiger partial charge on any atom is -0.480 e. The largest absolute Gasteiger partial charge is 0.480 e. The maximum Gasteiger partial charge on any atom is 0.326 e. The number of nitrogens with two attached hydrogens (primary N) is 10. The number of carbonyl (C=O) groups is 9. The molecule has 0 unspecified atom stereocenters. The summed E-state index contributed by atoms with van der Waals surface area (Å²) in [5.41, 5.74) is 56.7. The second kappa shape index (κ2) is 42.4. The van der Waals surface area contributed by atoms with E-state index in [0.29, 0.717) is 103 Å². The van der Waals surface area contributed by atoms with Crippen LogP contribution in [-0.2, 0) is 43.2 Å². The molecule has 28 heteroatoms. The van der Waals surface area contributed by atoms with Gasteiger partial charge in [0.1, 0.15) is 42.3 Å². The van der Waals surface area contributed by atoms with Crippen molar-refractivity contribution in [1.29, 1.82) is 0 Å². The van der Waals surface area contributed by atoms with E-state index in [2.05, 4.69) is 42.2 Å². The summed E-state index contributed by atoms with van der Waals surface area (Å²) in [6.45, 7) is 1.90. The van der Waals surface area contributed by atoms with E-state index < -0.39 is 102 Å². The number of rotatable bonds is 46. The zero-order chi connectivity index (χ0) is 56.6. The first kappa shape index (κ1) is 69.2. The Morgan fingerprint density at radius 2 is 0.600 bits per heavy atom. The number of aliphatic carboxylic acids is 1. The van der Waals surface area contributed by atoms with E-state index in [0.717, 1.165) is 0 Å². The molecule has 8 amide bonds. The third-order valence-electron chi connectivity index (χ3n) is 12.1. The lowest BCUT2D eigenvalue weighted by atomic mass is 10.0. The number of nitrogens with zero attached hydrogens (tertiary/aromatic N) is 1. The molecule has 8 atom stereocenters. The third kappa shape index (κ3) is 32.3. The summed E-state index contributed by atoms with van der Waals surface area (Å²) < 4.78 is 0. The van der Waals surface area contributed by atoms with Crippen LogP contribution in [0.5, 0.6) is 0 Å². The first-order chi connectivity index (χ1) is 35.8. The first-order valence-corrected chi connectivity index (χ1v) is 26.4. The quantitative estimate of drug-likeness (QED) is 0.0154. The molecule has 28 N–H and O–H groups in total. The zero-order valence-electron chi connectivity index (χ0n) is 44.0. The Kier molecular flexibility index (Phi) is 39.2. The number of guanidine groups is 1. The van der Waals surface area contributed by atoms with Crippen molar-refractivity contribution in [3.05, 3.63) is 0 Å². The van der Waals surface area contributed by atoms with Gasteiger partial charge in [-0.15, -0.1) is 0 Å². The Morgan fingerprint density at radius 3 is 0.880 bits per heavy atom. The minimum absolute atomic E-state index is 0.0130. The molecular formula is C47H94N18O10. The topological polar surface area (TPSA) is 531 Å². The van der Waals surface area contributed by atoms with Crippen molar-refractivity contribution >= 4 is 59.2 Å². The summed E-state index contributed by atoms with van der Waals surface area (Å²) in [6, 6.07) is -9.98. The number of hydrogen-bond donors (Lipinski definition) is 18. The van der Waals surface area contributed by atoms with Crippen LogP contribution < -0.4 is 94.6 Å². The Hall–Kier alpha value is -5.78. The van der Waals surface area contributed by atoms with E-state index in [1.54, 1.807) is 0 Å². The molecular weight excluding hydrogens is 977 g/mol. The molecule has 432 valence electrons. The van der Waals surface area contributed by atoms with Gasteiger partial charge >= 0.3 is 5.97 Å². The lowest BCUT2D eigenvalue weighted by molar-refractivity contribution is -0.142. The van der Waals surface area contributed by atoms with Gasteiger partial charge in [-0.25, -0.2) is 4.79 Å². The van der Waals surface area contributed by atoms with Crippen molar-refractivity contribution < 1.29 is 48.3 Å². The third-order valence-corrected chi connectivity index (χ3v) is 12.1. The van der Waals surface area contributed by atoms with Crippen LogP contribution >= 0.6 is 0 Å². The van der Waals surface area contributed by atoms with Gasteiger partial charge in [0.05, 0.1) is 6.04 Å². The van der Waals surface area contributed by atoms with Crippen molar-refractivity contribution in [3.63, 3.8) is 0 Å². The molecule has 0 aliphatic rings. The van der Waals surface area contributed by atoms with Crippen LogP contribution in [0.3, 0.4) is 0 Å². The Labute approximate surface area is 441 Å². The van der Waals surface area contributed by atoms with Gasteiger partial charge in [-0.3, -0.25) is 43.3 Å². The minimum atomic E-state index is -1.45. The van der Waals surface area contributed by atoms with E-state index >= 15 is 0 Å². The maximum absolute atomic E-state index is 14.4. The highest BCUT2D eigenvalue weighted by molar-refractivity contribution is 5.97. The molecule has 0 spiro atoms. The van der Waals surface area contributed by atoms with Gasteiger partial charge in [0.15, 0.2) is 5.96 Å². The van der Waals surface area contributed by atoms with Gasteiger partial charge in [0.25, 0.3) is 0 Å². The molecule has 28 nitrogen and oxygen atoms in total. The molecule has 0 bridgehead atoms. The molecule has 0 rings (SSSR count). The van der Waals surface area contributed by atoms with Crippen molar-refractivity contribution in [3.8, 4) is 0 Å². The van der Waals surface area contributed by atoms with E-state index in [4.69, 9.17) is 57.3 Å². The molecule has 0 saturated heterocycles. The van der Waals surface area contributed by atoms with Crippen LogP contribution in [0.1, 0.15) is 141 Å². The predicted molar refractivity (Wildman–Crippen MR) is 285 cm³/mol. The summed E-state index contributed by atoms with van der Waals surface area (Å²) in [6.07, 6.45) is 5.76. The van der Waals surface area contributed by atoms with Crippen molar-refractivity contribution in [2.75, 3.05) is 45.8 Å². The van der Waals surface area contributed by atoms with Gasteiger partial charge in [-0.2, -0.15) is 0 Å². The second-order valence-corrected chi connectivity index (χ2v) is 18.5. The number of carbonyl (C=O) groups excluding carboxylic acids is 8. The SMILES string of the molecule is NCCCC[C@H](NC(=O)[C@H](CCC(N)=O)NC(=O)[C@H](CCCCN)NC(=O)[C@H](CCCCN)NC(=O)[C@H](CCCN=C(N)N)NC(=O)[C@H](CCCCN)NC(=O)[C@H](CCCCN)NC(=O)[C@@H](N)CCCCN)C(=O)O. The van der Waals surface area contributed by atoms with Gasteiger partial charge in [-0.05, 0) is 168 Å². The molecule has 0 saturated carbocycles. The average Bonchev–Trinajstić information content (AvgIpc) is 3.36. The smallest absolute Gasteiger partial charge is 0.326 e. The van der Waals surface area contributed by atoms with Crippen LogP contribution in [0.15, 0.2) is 4.99 Å². The fourth-order valence-corrected chi connectivity index (χ4v) is 7.68. The Bertz CT molecular complexity index is 1740. The van der Waals surface area contributed by atoms with Crippen molar-refractivity contribution in [2.24, 2.45) is 62.3 Å². The van der Waals surface area contributed by atoms with Crippen LogP contribution in [-0.4, -0.2) is 158 Å². The Morgan fingerprint density at radius 1 is 0.347 bits per heavy atom. The molecule has 0 aliphatic carbocycles. The number of nitrogens with one attached hydrogen (secondary N) is 7. The number of carboxylic acids is 1. The average molecular weight is 1070 g/mol.